The highest BCUT2D eigenvalue weighted by Crippen LogP contribution is 2.27. The first-order valence-corrected chi connectivity index (χ1v) is 8.23. The molecule has 0 saturated heterocycles. The van der Waals surface area contributed by atoms with Gasteiger partial charge in [-0.15, -0.1) is 0 Å². The van der Waals surface area contributed by atoms with Crippen molar-refractivity contribution in [1.82, 2.24) is 0 Å². The molecule has 0 radical (unpaired) electrons. The van der Waals surface area contributed by atoms with E-state index in [2.05, 4.69) is 20.8 Å². The summed E-state index contributed by atoms with van der Waals surface area (Å²) in [6, 6.07) is 0. The molecule has 1 nitrogen and oxygen atoms in total. The number of unbranched alkanes of at least 4 members (excludes halogenated alkanes) is 9. The van der Waals surface area contributed by atoms with E-state index in [0.717, 1.165) is 6.42 Å². The van der Waals surface area contributed by atoms with Crippen LogP contribution in [0, 0.1) is 5.41 Å². The second-order valence-electron chi connectivity index (χ2n) is 6.57. The van der Waals surface area contributed by atoms with Gasteiger partial charge in [0.1, 0.15) is 0 Å². The van der Waals surface area contributed by atoms with Crippen molar-refractivity contribution < 1.29 is 5.11 Å². The molecule has 0 fully saturated rings. The van der Waals surface area contributed by atoms with Gasteiger partial charge in [0.05, 0.1) is 0 Å². The maximum Gasteiger partial charge on any atom is 0.0436 e. The van der Waals surface area contributed by atoms with Gasteiger partial charge in [-0.05, 0) is 18.3 Å². The average molecular weight is 256 g/mol. The molecule has 110 valence electrons. The molecular formula is C17H36O. The largest absolute Gasteiger partial charge is 0.396 e. The van der Waals surface area contributed by atoms with Crippen LogP contribution in [0.2, 0.25) is 0 Å². The van der Waals surface area contributed by atoms with Gasteiger partial charge in [0.2, 0.25) is 0 Å². The van der Waals surface area contributed by atoms with Crippen LogP contribution in [-0.4, -0.2) is 11.7 Å². The van der Waals surface area contributed by atoms with Crippen molar-refractivity contribution in [3.8, 4) is 0 Å². The zero-order valence-electron chi connectivity index (χ0n) is 13.1. The lowest BCUT2D eigenvalue weighted by Gasteiger charge is -2.23. The van der Waals surface area contributed by atoms with E-state index in [1.54, 1.807) is 0 Å². The van der Waals surface area contributed by atoms with Crippen LogP contribution in [0.15, 0.2) is 0 Å². The highest BCUT2D eigenvalue weighted by molar-refractivity contribution is 4.67. The number of aliphatic hydroxyl groups excluding tert-OH is 1. The predicted molar refractivity (Wildman–Crippen MR) is 81.9 cm³/mol. The van der Waals surface area contributed by atoms with Crippen LogP contribution in [0.25, 0.3) is 0 Å². The van der Waals surface area contributed by atoms with Crippen LogP contribution in [0.5, 0.6) is 0 Å². The number of aliphatic hydroxyl groups is 1. The third-order valence-corrected chi connectivity index (χ3v) is 4.00. The van der Waals surface area contributed by atoms with Crippen molar-refractivity contribution >= 4 is 0 Å². The Morgan fingerprint density at radius 2 is 1.11 bits per heavy atom. The fourth-order valence-corrected chi connectivity index (χ4v) is 2.52. The molecule has 0 aromatic carbocycles. The first kappa shape index (κ1) is 18.0. The Morgan fingerprint density at radius 3 is 1.56 bits per heavy atom. The molecule has 0 aliphatic carbocycles. The number of hydrogen-bond acceptors (Lipinski definition) is 1. The number of hydrogen-bond donors (Lipinski definition) is 1. The lowest BCUT2D eigenvalue weighted by molar-refractivity contribution is 0.198. The molecule has 0 saturated carbocycles. The second kappa shape index (κ2) is 12.0. The molecule has 0 amide bonds. The minimum atomic E-state index is 0.338. The molecule has 0 unspecified atom stereocenters. The van der Waals surface area contributed by atoms with E-state index in [0.29, 0.717) is 12.0 Å². The van der Waals surface area contributed by atoms with Crippen LogP contribution in [0.4, 0.5) is 0 Å². The van der Waals surface area contributed by atoms with Crippen LogP contribution >= 0.6 is 0 Å². The Morgan fingerprint density at radius 1 is 0.667 bits per heavy atom. The van der Waals surface area contributed by atoms with Gasteiger partial charge in [-0.25, -0.2) is 0 Å². The molecule has 18 heavy (non-hydrogen) atoms. The highest BCUT2D eigenvalue weighted by Gasteiger charge is 2.15. The van der Waals surface area contributed by atoms with Gasteiger partial charge in [-0.1, -0.05) is 85.0 Å². The SMILES string of the molecule is CCCCCCCCCCCCC(C)(C)CCO. The zero-order valence-corrected chi connectivity index (χ0v) is 13.1. The molecule has 0 atom stereocenters. The average Bonchev–Trinajstić information content (AvgIpc) is 2.31. The van der Waals surface area contributed by atoms with Gasteiger partial charge in [0.15, 0.2) is 0 Å². The minimum Gasteiger partial charge on any atom is -0.396 e. The Hall–Kier alpha value is -0.0400. The third kappa shape index (κ3) is 12.4. The molecule has 0 aliphatic rings. The third-order valence-electron chi connectivity index (χ3n) is 4.00. The van der Waals surface area contributed by atoms with E-state index in [9.17, 15) is 0 Å². The summed E-state index contributed by atoms with van der Waals surface area (Å²) >= 11 is 0. The van der Waals surface area contributed by atoms with Crippen molar-refractivity contribution in [3.05, 3.63) is 0 Å². The molecule has 0 rings (SSSR count). The van der Waals surface area contributed by atoms with Gasteiger partial charge in [0, 0.05) is 6.61 Å². The molecule has 0 aliphatic heterocycles. The maximum absolute atomic E-state index is 8.96. The van der Waals surface area contributed by atoms with Gasteiger partial charge >= 0.3 is 0 Å². The number of rotatable bonds is 13. The van der Waals surface area contributed by atoms with Crippen molar-refractivity contribution in [2.75, 3.05) is 6.61 Å². The van der Waals surface area contributed by atoms with Crippen molar-refractivity contribution in [2.24, 2.45) is 5.41 Å². The summed E-state index contributed by atoms with van der Waals surface area (Å²) in [5.41, 5.74) is 0.342. The summed E-state index contributed by atoms with van der Waals surface area (Å²) in [7, 11) is 0. The van der Waals surface area contributed by atoms with E-state index in [4.69, 9.17) is 5.11 Å². The zero-order chi connectivity index (χ0) is 13.7. The lowest BCUT2D eigenvalue weighted by atomic mass is 9.84. The van der Waals surface area contributed by atoms with E-state index in [1.807, 2.05) is 0 Å². The van der Waals surface area contributed by atoms with Crippen LogP contribution in [-0.2, 0) is 0 Å². The smallest absolute Gasteiger partial charge is 0.0436 e. The molecular weight excluding hydrogens is 220 g/mol. The van der Waals surface area contributed by atoms with Crippen LogP contribution in [0.1, 0.15) is 97.8 Å². The van der Waals surface area contributed by atoms with Crippen molar-refractivity contribution in [2.45, 2.75) is 97.8 Å². The highest BCUT2D eigenvalue weighted by atomic mass is 16.3. The molecule has 0 spiro atoms. The molecule has 0 heterocycles. The molecule has 1 heteroatoms. The second-order valence-corrected chi connectivity index (χ2v) is 6.57. The summed E-state index contributed by atoms with van der Waals surface area (Å²) < 4.78 is 0. The van der Waals surface area contributed by atoms with Crippen LogP contribution < -0.4 is 0 Å². The van der Waals surface area contributed by atoms with Crippen LogP contribution in [0.3, 0.4) is 0 Å². The quantitative estimate of drug-likeness (QED) is 0.419. The Bertz CT molecular complexity index is 163. The summed E-state index contributed by atoms with van der Waals surface area (Å²) in [6.45, 7) is 7.16. The summed E-state index contributed by atoms with van der Waals surface area (Å²) in [6.07, 6.45) is 16.3. The summed E-state index contributed by atoms with van der Waals surface area (Å²) in [4.78, 5) is 0. The minimum absolute atomic E-state index is 0.338. The lowest BCUT2D eigenvalue weighted by Crippen LogP contribution is -2.12. The summed E-state index contributed by atoms with van der Waals surface area (Å²) in [5.74, 6) is 0. The van der Waals surface area contributed by atoms with Gasteiger partial charge in [-0.2, -0.15) is 0 Å². The molecule has 0 aromatic rings. The first-order chi connectivity index (χ1) is 8.62. The Kier molecular flexibility index (Phi) is 12.0. The fourth-order valence-electron chi connectivity index (χ4n) is 2.52. The van der Waals surface area contributed by atoms with E-state index in [-0.39, 0.29) is 0 Å². The molecule has 0 aromatic heterocycles. The first-order valence-electron chi connectivity index (χ1n) is 8.23. The topological polar surface area (TPSA) is 20.2 Å². The van der Waals surface area contributed by atoms with E-state index >= 15 is 0 Å². The van der Waals surface area contributed by atoms with Crippen molar-refractivity contribution in [3.63, 3.8) is 0 Å². The van der Waals surface area contributed by atoms with E-state index in [1.165, 1.54) is 70.6 Å². The summed E-state index contributed by atoms with van der Waals surface area (Å²) in [5, 5.41) is 8.96. The van der Waals surface area contributed by atoms with Gasteiger partial charge in [-0.3, -0.25) is 0 Å². The monoisotopic (exact) mass is 256 g/mol. The van der Waals surface area contributed by atoms with Gasteiger partial charge in [0.25, 0.3) is 0 Å². The van der Waals surface area contributed by atoms with Crippen molar-refractivity contribution in [1.29, 1.82) is 0 Å². The molecule has 0 bridgehead atoms. The normalized spacial score (nSPS) is 12.0. The predicted octanol–water partition coefficient (Wildman–Crippen LogP) is 5.71. The maximum atomic E-state index is 8.96. The standard InChI is InChI=1S/C17H36O/c1-4-5-6-7-8-9-10-11-12-13-14-17(2,3)15-16-18/h18H,4-16H2,1-3H3. The fraction of sp³-hybridized carbons (Fsp3) is 1.00. The molecule has 1 N–H and O–H groups in total. The Balaban J connectivity index is 3.16. The van der Waals surface area contributed by atoms with E-state index < -0.39 is 0 Å². The Labute approximate surface area is 115 Å². The van der Waals surface area contributed by atoms with Gasteiger partial charge < -0.3 is 5.11 Å².